The van der Waals surface area contributed by atoms with Crippen LogP contribution in [0.5, 0.6) is 5.75 Å². The van der Waals surface area contributed by atoms with Crippen LogP contribution in [0.1, 0.15) is 76.8 Å². The molecule has 1 aliphatic rings. The van der Waals surface area contributed by atoms with Gasteiger partial charge in [-0.3, -0.25) is 19.0 Å². The molecule has 3 aromatic rings. The first-order chi connectivity index (χ1) is 19.2. The molecule has 40 heavy (non-hydrogen) atoms. The van der Waals surface area contributed by atoms with Crippen molar-refractivity contribution in [3.63, 3.8) is 0 Å². The van der Waals surface area contributed by atoms with Gasteiger partial charge in [0.05, 0.1) is 4.53 Å². The molecule has 0 radical (unpaired) electrons. The maximum atomic E-state index is 13.6. The van der Waals surface area contributed by atoms with Gasteiger partial charge in [-0.25, -0.2) is 0 Å². The number of carbonyl (C=O) groups excluding carboxylic acids is 2. The Bertz CT molecular complexity index is 1470. The number of carbonyl (C=O) groups is 2. The quantitative estimate of drug-likeness (QED) is 0.423. The van der Waals surface area contributed by atoms with Gasteiger partial charge < -0.3 is 10.1 Å². The molecule has 1 saturated carbocycles. The average molecular weight is 561 g/mol. The molecule has 1 N–H and O–H groups in total. The molecule has 1 fully saturated rings. The van der Waals surface area contributed by atoms with Gasteiger partial charge in [0.2, 0.25) is 5.91 Å². The van der Waals surface area contributed by atoms with Crippen LogP contribution < -0.4 is 24.8 Å². The number of hydrogen-bond donors (Lipinski definition) is 1. The van der Waals surface area contributed by atoms with E-state index in [-0.39, 0.29) is 29.8 Å². The highest BCUT2D eigenvalue weighted by Gasteiger charge is 2.21. The highest BCUT2D eigenvalue weighted by atomic mass is 32.1. The van der Waals surface area contributed by atoms with Gasteiger partial charge in [-0.2, -0.15) is 0 Å². The molecule has 1 heterocycles. The van der Waals surface area contributed by atoms with Crippen LogP contribution in [0.25, 0.3) is 12.2 Å². The average Bonchev–Trinajstić information content (AvgIpc) is 3.18. The van der Waals surface area contributed by atoms with E-state index in [9.17, 15) is 14.4 Å². The van der Waals surface area contributed by atoms with Crippen LogP contribution in [0.15, 0.2) is 59.4 Å². The van der Waals surface area contributed by atoms with E-state index in [0.29, 0.717) is 21.6 Å². The number of ketones is 1. The zero-order valence-corrected chi connectivity index (χ0v) is 24.6. The minimum atomic E-state index is -0.603. The Balaban J connectivity index is 1.66. The van der Waals surface area contributed by atoms with Crippen LogP contribution in [0, 0.1) is 5.41 Å². The molecule has 0 spiro atoms. The number of thiazole rings is 1. The highest BCUT2D eigenvalue weighted by molar-refractivity contribution is 7.07. The first-order valence-electron chi connectivity index (χ1n) is 14.2. The number of para-hydroxylation sites is 1. The van der Waals surface area contributed by atoms with Crippen molar-refractivity contribution in [2.45, 2.75) is 84.9 Å². The Kier molecular flexibility index (Phi) is 10.2. The topological polar surface area (TPSA) is 77.4 Å². The molecule has 2 aromatic carbocycles. The molecule has 1 aromatic heterocycles. The molecule has 0 atom stereocenters. The molecule has 1 aliphatic carbocycles. The van der Waals surface area contributed by atoms with Crippen molar-refractivity contribution in [2.75, 3.05) is 0 Å². The van der Waals surface area contributed by atoms with Gasteiger partial charge in [-0.1, -0.05) is 101 Å². The lowest BCUT2D eigenvalue weighted by Crippen LogP contribution is -2.42. The standard InChI is InChI=1S/C33H40N2O4S/c1-33(2,3)29(36)21-31-35(22-30(37)34-26-17-10-5-4-6-11-18-26)32(38)28(40-31)20-25-16-12-13-19-27(25)39-23-24-14-8-7-9-15-24/h7-9,12-16,19-21,26H,4-6,10-11,17-18,22-23H2,1-3H3,(H,34,37)/b28-20-,31-21-. The smallest absolute Gasteiger partial charge is 0.269 e. The van der Waals surface area contributed by atoms with Crippen LogP contribution in [0.2, 0.25) is 0 Å². The van der Waals surface area contributed by atoms with Crippen molar-refractivity contribution < 1.29 is 14.3 Å². The second-order valence-corrected chi connectivity index (χ2v) is 12.6. The first kappa shape index (κ1) is 29.5. The summed E-state index contributed by atoms with van der Waals surface area (Å²) in [6, 6.07) is 17.6. The monoisotopic (exact) mass is 560 g/mol. The summed E-state index contributed by atoms with van der Waals surface area (Å²) in [5.74, 6) is 0.367. The van der Waals surface area contributed by atoms with Crippen molar-refractivity contribution in [1.82, 2.24) is 9.88 Å². The molecule has 0 unspecified atom stereocenters. The van der Waals surface area contributed by atoms with E-state index in [1.807, 2.05) is 75.4 Å². The number of amides is 1. The van der Waals surface area contributed by atoms with Crippen molar-refractivity contribution in [1.29, 1.82) is 0 Å². The summed E-state index contributed by atoms with van der Waals surface area (Å²) in [5.41, 5.74) is 0.914. The fraction of sp³-hybridized carbons (Fsp3) is 0.424. The summed E-state index contributed by atoms with van der Waals surface area (Å²) in [4.78, 5) is 39.7. The zero-order chi connectivity index (χ0) is 28.5. The predicted octanol–water partition coefficient (Wildman–Crippen LogP) is 4.94. The van der Waals surface area contributed by atoms with Crippen LogP contribution in [-0.2, 0) is 22.7 Å². The second kappa shape index (κ2) is 13.8. The summed E-state index contributed by atoms with van der Waals surface area (Å²) >= 11 is 1.23. The van der Waals surface area contributed by atoms with Crippen LogP contribution in [0.3, 0.4) is 0 Å². The molecule has 0 aliphatic heterocycles. The third kappa shape index (κ3) is 8.28. The molecule has 7 heteroatoms. The molecule has 1 amide bonds. The van der Waals surface area contributed by atoms with Gasteiger partial charge in [0, 0.05) is 23.1 Å². The summed E-state index contributed by atoms with van der Waals surface area (Å²) in [6.45, 7) is 5.82. The normalized spacial score (nSPS) is 15.9. The predicted molar refractivity (Wildman–Crippen MR) is 162 cm³/mol. The Labute approximate surface area is 240 Å². The van der Waals surface area contributed by atoms with Crippen molar-refractivity contribution >= 4 is 35.2 Å². The number of ether oxygens (including phenoxy) is 1. The molecule has 4 rings (SSSR count). The minimum absolute atomic E-state index is 0.0962. The van der Waals surface area contributed by atoms with Gasteiger partial charge in [0.15, 0.2) is 5.78 Å². The van der Waals surface area contributed by atoms with Gasteiger partial charge >= 0.3 is 0 Å². The number of aromatic nitrogens is 1. The van der Waals surface area contributed by atoms with Gasteiger partial charge in [0.1, 0.15) is 23.6 Å². The van der Waals surface area contributed by atoms with Crippen molar-refractivity contribution in [3.05, 3.63) is 85.3 Å². The Morgan fingerprint density at radius 2 is 1.62 bits per heavy atom. The Hall–Kier alpha value is -3.45. The van der Waals surface area contributed by atoms with E-state index in [4.69, 9.17) is 4.74 Å². The molecule has 212 valence electrons. The van der Waals surface area contributed by atoms with E-state index in [1.165, 1.54) is 41.2 Å². The van der Waals surface area contributed by atoms with Crippen molar-refractivity contribution in [2.24, 2.45) is 5.41 Å². The van der Waals surface area contributed by atoms with Gasteiger partial charge in [-0.05, 0) is 30.5 Å². The Morgan fingerprint density at radius 1 is 0.975 bits per heavy atom. The van der Waals surface area contributed by atoms with Crippen LogP contribution in [0.4, 0.5) is 0 Å². The largest absolute Gasteiger partial charge is 0.488 e. The summed E-state index contributed by atoms with van der Waals surface area (Å²) < 4.78 is 8.45. The van der Waals surface area contributed by atoms with Crippen LogP contribution >= 0.6 is 11.3 Å². The lowest BCUT2D eigenvalue weighted by molar-refractivity contribution is -0.123. The van der Waals surface area contributed by atoms with E-state index in [1.54, 1.807) is 6.08 Å². The minimum Gasteiger partial charge on any atom is -0.488 e. The molecule has 6 nitrogen and oxygen atoms in total. The number of benzene rings is 2. The molecule has 0 bridgehead atoms. The number of hydrogen-bond acceptors (Lipinski definition) is 5. The maximum absolute atomic E-state index is 13.6. The number of nitrogens with zero attached hydrogens (tertiary/aromatic N) is 1. The SMILES string of the molecule is CC(C)(C)C(=O)/C=c1\s/c(=C\c2ccccc2OCc2ccccc2)c(=O)n1CC(=O)NC1CCCCCCC1. The number of nitrogens with one attached hydrogen (secondary N) is 1. The summed E-state index contributed by atoms with van der Waals surface area (Å²) in [6.07, 6.45) is 11.1. The molecular weight excluding hydrogens is 520 g/mol. The molecular formula is C33H40N2O4S. The third-order valence-corrected chi connectivity index (χ3v) is 8.20. The van der Waals surface area contributed by atoms with Gasteiger partial charge in [-0.15, -0.1) is 11.3 Å². The fourth-order valence-corrected chi connectivity index (χ4v) is 5.78. The van der Waals surface area contributed by atoms with E-state index < -0.39 is 5.41 Å². The second-order valence-electron chi connectivity index (χ2n) is 11.5. The van der Waals surface area contributed by atoms with E-state index >= 15 is 0 Å². The highest BCUT2D eigenvalue weighted by Crippen LogP contribution is 2.20. The molecule has 0 saturated heterocycles. The maximum Gasteiger partial charge on any atom is 0.269 e. The summed E-state index contributed by atoms with van der Waals surface area (Å²) in [5, 5.41) is 3.15. The first-order valence-corrected chi connectivity index (χ1v) is 15.0. The lowest BCUT2D eigenvalue weighted by Gasteiger charge is -2.21. The number of Topliss-reactive ketones (excluding diaryl/α,β-unsaturated/α-hetero) is 1. The lowest BCUT2D eigenvalue weighted by atomic mass is 9.91. The van der Waals surface area contributed by atoms with Gasteiger partial charge in [0.25, 0.3) is 5.56 Å². The third-order valence-electron chi connectivity index (χ3n) is 7.15. The van der Waals surface area contributed by atoms with E-state index in [0.717, 1.165) is 36.8 Å². The number of rotatable bonds is 8. The summed E-state index contributed by atoms with van der Waals surface area (Å²) in [7, 11) is 0. The van der Waals surface area contributed by atoms with Crippen LogP contribution in [-0.4, -0.2) is 22.3 Å². The zero-order valence-electron chi connectivity index (χ0n) is 23.8. The van der Waals surface area contributed by atoms with E-state index in [2.05, 4.69) is 5.32 Å². The van der Waals surface area contributed by atoms with Crippen molar-refractivity contribution in [3.8, 4) is 5.75 Å². The Morgan fingerprint density at radius 3 is 2.33 bits per heavy atom. The fourth-order valence-electron chi connectivity index (χ4n) is 4.75.